The molecule has 10 heavy (non-hydrogen) atoms. The van der Waals surface area contributed by atoms with Crippen molar-refractivity contribution in [1.29, 1.82) is 0 Å². The highest BCUT2D eigenvalue weighted by molar-refractivity contribution is 4.94. The van der Waals surface area contributed by atoms with Gasteiger partial charge in [0.15, 0.2) is 0 Å². The van der Waals surface area contributed by atoms with Gasteiger partial charge in [0.2, 0.25) is 0 Å². The second-order valence-electron chi connectivity index (χ2n) is 3.03. The highest BCUT2D eigenvalue weighted by atomic mass is 16.5. The minimum absolute atomic E-state index is 0.353. The van der Waals surface area contributed by atoms with Crippen LogP contribution in [0.25, 0.3) is 0 Å². The van der Waals surface area contributed by atoms with Crippen LogP contribution in [0.5, 0.6) is 0 Å². The van der Waals surface area contributed by atoms with E-state index in [1.165, 1.54) is 5.57 Å². The third-order valence-corrected chi connectivity index (χ3v) is 1.93. The van der Waals surface area contributed by atoms with Gasteiger partial charge in [-0.25, -0.2) is 0 Å². The van der Waals surface area contributed by atoms with Gasteiger partial charge in [0.1, 0.15) is 0 Å². The summed E-state index contributed by atoms with van der Waals surface area (Å²) < 4.78 is 5.13. The zero-order valence-electron chi connectivity index (χ0n) is 7.48. The van der Waals surface area contributed by atoms with E-state index >= 15 is 0 Å². The molecule has 0 aliphatic carbocycles. The Hall–Kier alpha value is -0.300. The lowest BCUT2D eigenvalue weighted by Gasteiger charge is -2.15. The topological polar surface area (TPSA) is 9.23 Å². The van der Waals surface area contributed by atoms with E-state index < -0.39 is 0 Å². The molecule has 1 nitrogen and oxygen atoms in total. The molecule has 0 amide bonds. The molecule has 0 radical (unpaired) electrons. The second kappa shape index (κ2) is 4.51. The third kappa shape index (κ3) is 3.67. The van der Waals surface area contributed by atoms with Crippen LogP contribution in [0.4, 0.5) is 0 Å². The Morgan fingerprint density at radius 3 is 2.30 bits per heavy atom. The first kappa shape index (κ1) is 9.70. The number of hydrogen-bond donors (Lipinski definition) is 0. The fourth-order valence-electron chi connectivity index (χ4n) is 0.795. The normalized spacial score (nSPS) is 16.4. The lowest BCUT2D eigenvalue weighted by molar-refractivity contribution is 0.102. The number of hydrogen-bond acceptors (Lipinski definition) is 1. The molecule has 0 saturated carbocycles. The maximum atomic E-state index is 5.13. The van der Waals surface area contributed by atoms with Gasteiger partial charge in [-0.1, -0.05) is 19.1 Å². The molecule has 0 aromatic carbocycles. The summed E-state index contributed by atoms with van der Waals surface area (Å²) in [6.07, 6.45) is 1.43. The van der Waals surface area contributed by atoms with E-state index in [-0.39, 0.29) is 0 Å². The fraction of sp³-hybridized carbons (Fsp3) is 0.778. The van der Waals surface area contributed by atoms with E-state index in [0.29, 0.717) is 12.0 Å². The zero-order valence-corrected chi connectivity index (χ0v) is 7.48. The largest absolute Gasteiger partial charge is 0.382 e. The number of rotatable bonds is 4. The molecule has 60 valence electrons. The van der Waals surface area contributed by atoms with Crippen LogP contribution in [0, 0.1) is 5.92 Å². The Morgan fingerprint density at radius 1 is 1.50 bits per heavy atom. The third-order valence-electron chi connectivity index (χ3n) is 1.93. The molecule has 2 atom stereocenters. The molecule has 0 aromatic heterocycles. The highest BCUT2D eigenvalue weighted by Gasteiger charge is 2.07. The molecular formula is C9H18O. The molecule has 0 rings (SSSR count). The molecule has 1 heteroatoms. The number of methoxy groups -OCH3 is 1. The molecule has 0 aliphatic heterocycles. The standard InChI is InChI=1S/C9H18O/c1-7(2)8(3)6-9(4)10-5/h8-9H,1,6H2,2-5H3. The molecule has 2 unspecified atom stereocenters. The van der Waals surface area contributed by atoms with Crippen molar-refractivity contribution in [1.82, 2.24) is 0 Å². The van der Waals surface area contributed by atoms with E-state index in [9.17, 15) is 0 Å². The van der Waals surface area contributed by atoms with Crippen molar-refractivity contribution >= 4 is 0 Å². The van der Waals surface area contributed by atoms with Crippen LogP contribution in [0.2, 0.25) is 0 Å². The van der Waals surface area contributed by atoms with Gasteiger partial charge < -0.3 is 4.74 Å². The first-order chi connectivity index (χ1) is 4.57. The first-order valence-corrected chi connectivity index (χ1v) is 3.76. The van der Waals surface area contributed by atoms with E-state index in [1.54, 1.807) is 7.11 Å². The van der Waals surface area contributed by atoms with Crippen LogP contribution in [0.15, 0.2) is 12.2 Å². The van der Waals surface area contributed by atoms with Gasteiger partial charge in [0, 0.05) is 7.11 Å². The van der Waals surface area contributed by atoms with Gasteiger partial charge in [-0.15, -0.1) is 0 Å². The summed E-state index contributed by atoms with van der Waals surface area (Å²) in [4.78, 5) is 0. The minimum Gasteiger partial charge on any atom is -0.382 e. The van der Waals surface area contributed by atoms with E-state index in [2.05, 4.69) is 27.4 Å². The molecule has 0 spiro atoms. The number of allylic oxidation sites excluding steroid dienone is 1. The van der Waals surface area contributed by atoms with Crippen LogP contribution < -0.4 is 0 Å². The van der Waals surface area contributed by atoms with Crippen LogP contribution in [-0.2, 0) is 4.74 Å². The molecule has 0 saturated heterocycles. The van der Waals surface area contributed by atoms with Crippen LogP contribution in [0.1, 0.15) is 27.2 Å². The molecule has 0 heterocycles. The molecule has 0 fully saturated rings. The van der Waals surface area contributed by atoms with Gasteiger partial charge in [-0.2, -0.15) is 0 Å². The summed E-state index contributed by atoms with van der Waals surface area (Å²) in [6.45, 7) is 10.2. The second-order valence-corrected chi connectivity index (χ2v) is 3.03. The molecular weight excluding hydrogens is 124 g/mol. The Balaban J connectivity index is 3.56. The Kier molecular flexibility index (Phi) is 4.37. The van der Waals surface area contributed by atoms with E-state index in [4.69, 9.17) is 4.74 Å². The maximum Gasteiger partial charge on any atom is 0.0548 e. The summed E-state index contributed by atoms with van der Waals surface area (Å²) in [5.74, 6) is 0.579. The summed E-state index contributed by atoms with van der Waals surface area (Å²) in [5, 5.41) is 0. The Morgan fingerprint density at radius 2 is 2.00 bits per heavy atom. The van der Waals surface area contributed by atoms with Crippen LogP contribution >= 0.6 is 0 Å². The Labute approximate surface area is 64.1 Å². The minimum atomic E-state index is 0.353. The predicted octanol–water partition coefficient (Wildman–Crippen LogP) is 2.62. The zero-order chi connectivity index (χ0) is 8.15. The number of ether oxygens (including phenoxy) is 1. The van der Waals surface area contributed by atoms with Crippen molar-refractivity contribution in [2.24, 2.45) is 5.92 Å². The lowest BCUT2D eigenvalue weighted by Crippen LogP contribution is -2.10. The highest BCUT2D eigenvalue weighted by Crippen LogP contribution is 2.14. The molecule has 0 bridgehead atoms. The van der Waals surface area contributed by atoms with E-state index in [1.807, 2.05) is 0 Å². The average molecular weight is 142 g/mol. The van der Waals surface area contributed by atoms with Gasteiger partial charge in [-0.3, -0.25) is 0 Å². The van der Waals surface area contributed by atoms with Gasteiger partial charge in [-0.05, 0) is 26.2 Å². The molecule has 0 aliphatic rings. The summed E-state index contributed by atoms with van der Waals surface area (Å²) in [7, 11) is 1.75. The van der Waals surface area contributed by atoms with Crippen molar-refractivity contribution in [2.45, 2.75) is 33.3 Å². The first-order valence-electron chi connectivity index (χ1n) is 3.76. The van der Waals surface area contributed by atoms with Crippen LogP contribution in [-0.4, -0.2) is 13.2 Å². The van der Waals surface area contributed by atoms with Gasteiger partial charge in [0.25, 0.3) is 0 Å². The smallest absolute Gasteiger partial charge is 0.0548 e. The fourth-order valence-corrected chi connectivity index (χ4v) is 0.795. The van der Waals surface area contributed by atoms with Gasteiger partial charge in [0.05, 0.1) is 6.10 Å². The lowest BCUT2D eigenvalue weighted by atomic mass is 9.98. The Bertz CT molecular complexity index is 107. The monoisotopic (exact) mass is 142 g/mol. The quantitative estimate of drug-likeness (QED) is 0.548. The van der Waals surface area contributed by atoms with Crippen molar-refractivity contribution < 1.29 is 4.74 Å². The average Bonchev–Trinajstić information content (AvgIpc) is 1.87. The van der Waals surface area contributed by atoms with Crippen molar-refractivity contribution in [3.8, 4) is 0 Å². The summed E-state index contributed by atoms with van der Waals surface area (Å²) >= 11 is 0. The molecule has 0 aromatic rings. The van der Waals surface area contributed by atoms with Gasteiger partial charge >= 0.3 is 0 Å². The van der Waals surface area contributed by atoms with Crippen molar-refractivity contribution in [3.05, 3.63) is 12.2 Å². The molecule has 0 N–H and O–H groups in total. The maximum absolute atomic E-state index is 5.13. The summed E-state index contributed by atoms with van der Waals surface area (Å²) in [5.41, 5.74) is 1.24. The van der Waals surface area contributed by atoms with Crippen molar-refractivity contribution in [2.75, 3.05) is 7.11 Å². The predicted molar refractivity (Wildman–Crippen MR) is 45.1 cm³/mol. The summed E-state index contributed by atoms with van der Waals surface area (Å²) in [6, 6.07) is 0. The van der Waals surface area contributed by atoms with Crippen LogP contribution in [0.3, 0.4) is 0 Å². The van der Waals surface area contributed by atoms with E-state index in [0.717, 1.165) is 6.42 Å². The SMILES string of the molecule is C=C(C)C(C)CC(C)OC. The van der Waals surface area contributed by atoms with Crippen molar-refractivity contribution in [3.63, 3.8) is 0 Å².